The van der Waals surface area contributed by atoms with Crippen molar-refractivity contribution in [3.05, 3.63) is 28.8 Å². The van der Waals surface area contributed by atoms with E-state index in [1.165, 1.54) is 0 Å². The molecular weight excluding hydrogens is 240 g/mol. The van der Waals surface area contributed by atoms with Crippen molar-refractivity contribution in [2.75, 3.05) is 19.1 Å². The van der Waals surface area contributed by atoms with E-state index in [1.807, 2.05) is 13.8 Å². The van der Waals surface area contributed by atoms with Crippen LogP contribution >= 0.6 is 0 Å². The fourth-order valence-electron chi connectivity index (χ4n) is 1.88. The number of aliphatic hydroxyl groups excluding tert-OH is 1. The molecule has 1 aromatic carbocycles. The quantitative estimate of drug-likeness (QED) is 0.886. The first kappa shape index (κ1) is 14.0. The van der Waals surface area contributed by atoms with Gasteiger partial charge in [0.15, 0.2) is 0 Å². The zero-order valence-electron chi connectivity index (χ0n) is 10.5. The van der Waals surface area contributed by atoms with Gasteiger partial charge in [-0.2, -0.15) is 0 Å². The van der Waals surface area contributed by atoms with Gasteiger partial charge in [0.25, 0.3) is 0 Å². The van der Waals surface area contributed by atoms with Crippen LogP contribution in [0.5, 0.6) is 5.75 Å². The largest absolute Gasteiger partial charge is 0.496 e. The molecule has 0 radical (unpaired) electrons. The van der Waals surface area contributed by atoms with Gasteiger partial charge >= 0.3 is 0 Å². The Morgan fingerprint density at radius 3 is 2.12 bits per heavy atom. The Labute approximate surface area is 102 Å². The van der Waals surface area contributed by atoms with Crippen molar-refractivity contribution >= 4 is 9.84 Å². The summed E-state index contributed by atoms with van der Waals surface area (Å²) in [6.45, 7) is 3.73. The fraction of sp³-hybridized carbons (Fsp3) is 0.500. The van der Waals surface area contributed by atoms with Crippen molar-refractivity contribution in [1.29, 1.82) is 0 Å². The Morgan fingerprint density at radius 2 is 1.76 bits per heavy atom. The van der Waals surface area contributed by atoms with E-state index in [0.717, 1.165) is 23.1 Å². The van der Waals surface area contributed by atoms with Gasteiger partial charge in [-0.05, 0) is 42.7 Å². The zero-order valence-corrected chi connectivity index (χ0v) is 11.3. The molecule has 0 aliphatic rings. The minimum Gasteiger partial charge on any atom is -0.496 e. The Kier molecular flexibility index (Phi) is 4.16. The molecule has 17 heavy (non-hydrogen) atoms. The van der Waals surface area contributed by atoms with Crippen LogP contribution in [0.3, 0.4) is 0 Å². The second-order valence-corrected chi connectivity index (χ2v) is 6.48. The zero-order chi connectivity index (χ0) is 13.2. The molecule has 4 nitrogen and oxygen atoms in total. The molecular formula is C12H18O4S. The summed E-state index contributed by atoms with van der Waals surface area (Å²) in [7, 11) is -1.61. The lowest BCUT2D eigenvalue weighted by molar-refractivity contribution is 0.201. The molecule has 0 heterocycles. The lowest BCUT2D eigenvalue weighted by Gasteiger charge is -2.15. The van der Waals surface area contributed by atoms with Gasteiger partial charge in [-0.1, -0.05) is 0 Å². The predicted octanol–water partition coefficient (Wildman–Crippen LogP) is 1.39. The first-order chi connectivity index (χ1) is 7.74. The lowest BCUT2D eigenvalue weighted by Crippen LogP contribution is -2.13. The first-order valence-corrected chi connectivity index (χ1v) is 7.31. The van der Waals surface area contributed by atoms with Gasteiger partial charge in [0, 0.05) is 6.26 Å². The molecule has 0 saturated heterocycles. The normalized spacial score (nSPS) is 13.5. The summed E-state index contributed by atoms with van der Waals surface area (Å²) in [5.41, 5.74) is 2.37. The number of sulfone groups is 1. The van der Waals surface area contributed by atoms with E-state index in [9.17, 15) is 13.5 Å². The summed E-state index contributed by atoms with van der Waals surface area (Å²) in [4.78, 5) is 0. The van der Waals surface area contributed by atoms with E-state index in [2.05, 4.69) is 0 Å². The molecule has 0 aliphatic carbocycles. The Hall–Kier alpha value is -1.07. The third-order valence-electron chi connectivity index (χ3n) is 2.53. The number of rotatable bonds is 4. The van der Waals surface area contributed by atoms with Gasteiger partial charge in [-0.3, -0.25) is 0 Å². The molecule has 0 aliphatic heterocycles. The average molecular weight is 258 g/mol. The molecule has 1 aromatic rings. The Balaban J connectivity index is 3.08. The summed E-state index contributed by atoms with van der Waals surface area (Å²) in [6.07, 6.45) is 0.118. The highest BCUT2D eigenvalue weighted by Crippen LogP contribution is 2.27. The summed E-state index contributed by atoms with van der Waals surface area (Å²) in [6, 6.07) is 3.50. The molecule has 0 saturated carbocycles. The maximum absolute atomic E-state index is 11.1. The minimum absolute atomic E-state index is 0.266. The van der Waals surface area contributed by atoms with E-state index in [0.29, 0.717) is 5.56 Å². The van der Waals surface area contributed by atoms with Gasteiger partial charge in [0.05, 0.1) is 19.0 Å². The van der Waals surface area contributed by atoms with Crippen LogP contribution < -0.4 is 4.74 Å². The second-order valence-electron chi connectivity index (χ2n) is 4.30. The van der Waals surface area contributed by atoms with Crippen LogP contribution in [0.25, 0.3) is 0 Å². The monoisotopic (exact) mass is 258 g/mol. The number of aryl methyl sites for hydroxylation is 2. The summed E-state index contributed by atoms with van der Waals surface area (Å²) >= 11 is 0. The lowest BCUT2D eigenvalue weighted by atomic mass is 10.0. The molecule has 1 unspecified atom stereocenters. The van der Waals surface area contributed by atoms with Gasteiger partial charge in [0.1, 0.15) is 15.6 Å². The number of benzene rings is 1. The van der Waals surface area contributed by atoms with E-state index in [4.69, 9.17) is 4.74 Å². The third-order valence-corrected chi connectivity index (χ3v) is 3.45. The highest BCUT2D eigenvalue weighted by Gasteiger charge is 2.16. The molecule has 96 valence electrons. The standard InChI is InChI=1S/C12H18O4S/c1-8-5-10(6-9(2)12(8)16-3)11(13)7-17(4,14)15/h5-6,11,13H,7H2,1-4H3. The number of hydrogen-bond donors (Lipinski definition) is 1. The number of aliphatic hydroxyl groups is 1. The molecule has 1 atom stereocenters. The maximum atomic E-state index is 11.1. The molecule has 5 heteroatoms. The number of methoxy groups -OCH3 is 1. The number of ether oxygens (including phenoxy) is 1. The first-order valence-electron chi connectivity index (χ1n) is 5.25. The maximum Gasteiger partial charge on any atom is 0.150 e. The van der Waals surface area contributed by atoms with Crippen LogP contribution in [-0.2, 0) is 9.84 Å². The van der Waals surface area contributed by atoms with Crippen LogP contribution in [0.4, 0.5) is 0 Å². The van der Waals surface area contributed by atoms with Gasteiger partial charge in [-0.15, -0.1) is 0 Å². The molecule has 0 aromatic heterocycles. The van der Waals surface area contributed by atoms with Crippen molar-refractivity contribution < 1.29 is 18.3 Å². The molecule has 0 amide bonds. The summed E-state index contributed by atoms with van der Waals surface area (Å²) in [5, 5.41) is 9.85. The topological polar surface area (TPSA) is 63.6 Å². The van der Waals surface area contributed by atoms with Gasteiger partial charge < -0.3 is 9.84 Å². The van der Waals surface area contributed by atoms with E-state index >= 15 is 0 Å². The second kappa shape index (κ2) is 5.06. The van der Waals surface area contributed by atoms with Crippen LogP contribution in [0.15, 0.2) is 12.1 Å². The van der Waals surface area contributed by atoms with Crippen molar-refractivity contribution in [3.8, 4) is 5.75 Å². The predicted molar refractivity (Wildman–Crippen MR) is 67.1 cm³/mol. The van der Waals surface area contributed by atoms with Crippen molar-refractivity contribution in [3.63, 3.8) is 0 Å². The van der Waals surface area contributed by atoms with Crippen LogP contribution in [0.1, 0.15) is 22.8 Å². The van der Waals surface area contributed by atoms with Crippen molar-refractivity contribution in [1.82, 2.24) is 0 Å². The SMILES string of the molecule is COc1c(C)cc(C(O)CS(C)(=O)=O)cc1C. The van der Waals surface area contributed by atoms with E-state index < -0.39 is 15.9 Å². The highest BCUT2D eigenvalue weighted by atomic mass is 32.2. The smallest absolute Gasteiger partial charge is 0.150 e. The van der Waals surface area contributed by atoms with E-state index in [1.54, 1.807) is 19.2 Å². The number of hydrogen-bond acceptors (Lipinski definition) is 4. The Morgan fingerprint density at radius 1 is 1.29 bits per heavy atom. The van der Waals surface area contributed by atoms with Crippen LogP contribution in [0.2, 0.25) is 0 Å². The summed E-state index contributed by atoms with van der Waals surface area (Å²) in [5.74, 6) is 0.499. The molecule has 1 rings (SSSR count). The van der Waals surface area contributed by atoms with Gasteiger partial charge in [0.2, 0.25) is 0 Å². The summed E-state index contributed by atoms with van der Waals surface area (Å²) < 4.78 is 27.5. The molecule has 0 bridgehead atoms. The van der Waals surface area contributed by atoms with E-state index in [-0.39, 0.29) is 5.75 Å². The van der Waals surface area contributed by atoms with Gasteiger partial charge in [-0.25, -0.2) is 8.42 Å². The molecule has 0 spiro atoms. The minimum atomic E-state index is -3.19. The van der Waals surface area contributed by atoms with Crippen LogP contribution in [0, 0.1) is 13.8 Å². The van der Waals surface area contributed by atoms with Crippen LogP contribution in [-0.4, -0.2) is 32.6 Å². The highest BCUT2D eigenvalue weighted by molar-refractivity contribution is 7.90. The molecule has 0 fully saturated rings. The van der Waals surface area contributed by atoms with Crippen molar-refractivity contribution in [2.45, 2.75) is 20.0 Å². The fourth-order valence-corrected chi connectivity index (χ4v) is 2.65. The van der Waals surface area contributed by atoms with Crippen molar-refractivity contribution in [2.24, 2.45) is 0 Å². The average Bonchev–Trinajstić information content (AvgIpc) is 2.14. The third kappa shape index (κ3) is 3.71. The Bertz CT molecular complexity index is 482. The molecule has 1 N–H and O–H groups in total.